The standard InChI is InChI=1S/C11H13Cl2IN2/c1-2-6-3-4-7(5-6)11-15-9(12)8(14)10(13)16-11/h6-7H,2-5H2,1H3. The summed E-state index contributed by atoms with van der Waals surface area (Å²) in [7, 11) is 0. The van der Waals surface area contributed by atoms with Gasteiger partial charge in [0.15, 0.2) is 0 Å². The highest BCUT2D eigenvalue weighted by Crippen LogP contribution is 2.39. The van der Waals surface area contributed by atoms with E-state index in [9.17, 15) is 0 Å². The minimum absolute atomic E-state index is 0.442. The van der Waals surface area contributed by atoms with Gasteiger partial charge in [-0.15, -0.1) is 0 Å². The molecule has 0 aliphatic heterocycles. The summed E-state index contributed by atoms with van der Waals surface area (Å²) in [6.45, 7) is 2.24. The normalized spacial score (nSPS) is 25.0. The molecule has 5 heteroatoms. The highest BCUT2D eigenvalue weighted by molar-refractivity contribution is 14.1. The Morgan fingerprint density at radius 1 is 1.25 bits per heavy atom. The Balaban J connectivity index is 2.22. The fourth-order valence-corrected chi connectivity index (χ4v) is 2.91. The van der Waals surface area contributed by atoms with Gasteiger partial charge in [0.2, 0.25) is 0 Å². The number of hydrogen-bond donors (Lipinski definition) is 0. The zero-order valence-electron chi connectivity index (χ0n) is 9.01. The molecule has 0 N–H and O–H groups in total. The van der Waals surface area contributed by atoms with Crippen LogP contribution in [0.15, 0.2) is 0 Å². The molecule has 0 amide bonds. The van der Waals surface area contributed by atoms with Crippen LogP contribution in [0.25, 0.3) is 0 Å². The molecule has 2 nitrogen and oxygen atoms in total. The van der Waals surface area contributed by atoms with E-state index in [2.05, 4.69) is 39.5 Å². The first kappa shape index (κ1) is 12.8. The van der Waals surface area contributed by atoms with Crippen molar-refractivity contribution in [3.05, 3.63) is 19.7 Å². The maximum atomic E-state index is 6.02. The number of nitrogens with zero attached hydrogens (tertiary/aromatic N) is 2. The van der Waals surface area contributed by atoms with E-state index < -0.39 is 0 Å². The van der Waals surface area contributed by atoms with Crippen molar-refractivity contribution >= 4 is 45.8 Å². The molecule has 1 saturated carbocycles. The summed E-state index contributed by atoms with van der Waals surface area (Å²) in [4.78, 5) is 8.69. The first-order valence-electron chi connectivity index (χ1n) is 5.50. The highest BCUT2D eigenvalue weighted by atomic mass is 127. The summed E-state index contributed by atoms with van der Waals surface area (Å²) >= 11 is 14.1. The second kappa shape index (κ2) is 5.36. The van der Waals surface area contributed by atoms with E-state index in [1.54, 1.807) is 0 Å². The summed E-state index contributed by atoms with van der Waals surface area (Å²) in [5.74, 6) is 2.08. The molecule has 2 unspecified atom stereocenters. The van der Waals surface area contributed by atoms with E-state index in [1.165, 1.54) is 19.3 Å². The van der Waals surface area contributed by atoms with E-state index in [1.807, 2.05) is 0 Å². The van der Waals surface area contributed by atoms with Gasteiger partial charge in [-0.25, -0.2) is 9.97 Å². The van der Waals surface area contributed by atoms with Gasteiger partial charge < -0.3 is 0 Å². The molecule has 1 aromatic heterocycles. The van der Waals surface area contributed by atoms with Crippen LogP contribution < -0.4 is 0 Å². The van der Waals surface area contributed by atoms with Crippen molar-refractivity contribution < 1.29 is 0 Å². The Bertz CT molecular complexity index is 375. The SMILES string of the molecule is CCC1CCC(c2nc(Cl)c(I)c(Cl)n2)C1. The Hall–Kier alpha value is 0.390. The second-order valence-corrected chi connectivity index (χ2v) is 6.06. The fraction of sp³-hybridized carbons (Fsp3) is 0.636. The van der Waals surface area contributed by atoms with Gasteiger partial charge in [-0.1, -0.05) is 36.5 Å². The third-order valence-electron chi connectivity index (χ3n) is 3.27. The second-order valence-electron chi connectivity index (χ2n) is 4.26. The molecule has 1 heterocycles. The molecule has 0 radical (unpaired) electrons. The van der Waals surface area contributed by atoms with Gasteiger partial charge in [0.1, 0.15) is 16.1 Å². The van der Waals surface area contributed by atoms with Crippen molar-refractivity contribution in [2.75, 3.05) is 0 Å². The molecular formula is C11H13Cl2IN2. The predicted molar refractivity (Wildman–Crippen MR) is 75.1 cm³/mol. The summed E-state index contributed by atoms with van der Waals surface area (Å²) in [5.41, 5.74) is 0. The fourth-order valence-electron chi connectivity index (χ4n) is 2.27. The van der Waals surface area contributed by atoms with E-state index in [0.717, 1.165) is 21.7 Å². The molecule has 1 fully saturated rings. The lowest BCUT2D eigenvalue weighted by Crippen LogP contribution is -2.03. The molecule has 16 heavy (non-hydrogen) atoms. The maximum Gasteiger partial charge on any atom is 0.147 e. The molecule has 88 valence electrons. The number of aromatic nitrogens is 2. The Morgan fingerprint density at radius 3 is 2.38 bits per heavy atom. The number of hydrogen-bond acceptors (Lipinski definition) is 2. The van der Waals surface area contributed by atoms with Crippen molar-refractivity contribution in [1.82, 2.24) is 9.97 Å². The minimum atomic E-state index is 0.442. The van der Waals surface area contributed by atoms with Crippen LogP contribution in [0, 0.1) is 9.49 Å². The lowest BCUT2D eigenvalue weighted by Gasteiger charge is -2.10. The van der Waals surface area contributed by atoms with Gasteiger partial charge >= 0.3 is 0 Å². The zero-order chi connectivity index (χ0) is 11.7. The van der Waals surface area contributed by atoms with Crippen LogP contribution in [0.3, 0.4) is 0 Å². The van der Waals surface area contributed by atoms with Crippen molar-refractivity contribution in [3.63, 3.8) is 0 Å². The van der Waals surface area contributed by atoms with Gasteiger partial charge in [-0.3, -0.25) is 0 Å². The van der Waals surface area contributed by atoms with Gasteiger partial charge in [-0.05, 0) is 47.8 Å². The quantitative estimate of drug-likeness (QED) is 0.557. The van der Waals surface area contributed by atoms with Crippen LogP contribution in [0.1, 0.15) is 44.3 Å². The molecule has 0 aromatic carbocycles. The van der Waals surface area contributed by atoms with Crippen LogP contribution in [0.2, 0.25) is 10.3 Å². The maximum absolute atomic E-state index is 6.02. The molecular weight excluding hydrogens is 358 g/mol. The average Bonchev–Trinajstić information content (AvgIpc) is 2.73. The van der Waals surface area contributed by atoms with Crippen LogP contribution >= 0.6 is 45.8 Å². The van der Waals surface area contributed by atoms with Crippen molar-refractivity contribution in [2.24, 2.45) is 5.92 Å². The minimum Gasteiger partial charge on any atom is -0.220 e. The number of halogens is 3. The zero-order valence-corrected chi connectivity index (χ0v) is 12.7. The third-order valence-corrected chi connectivity index (χ3v) is 5.48. The largest absolute Gasteiger partial charge is 0.220 e. The summed E-state index contributed by atoms with van der Waals surface area (Å²) in [6.07, 6.45) is 4.84. The molecule has 2 atom stereocenters. The lowest BCUT2D eigenvalue weighted by molar-refractivity contribution is 0.516. The van der Waals surface area contributed by atoms with E-state index >= 15 is 0 Å². The van der Waals surface area contributed by atoms with Gasteiger partial charge in [0.25, 0.3) is 0 Å². The Morgan fingerprint density at radius 2 is 1.88 bits per heavy atom. The lowest BCUT2D eigenvalue weighted by atomic mass is 10.0. The molecule has 0 saturated heterocycles. The molecule has 1 aromatic rings. The van der Waals surface area contributed by atoms with E-state index in [0.29, 0.717) is 16.2 Å². The van der Waals surface area contributed by atoms with E-state index in [4.69, 9.17) is 23.2 Å². The summed E-state index contributed by atoms with van der Waals surface area (Å²) < 4.78 is 0.745. The predicted octanol–water partition coefficient (Wildman–Crippen LogP) is 4.68. The van der Waals surface area contributed by atoms with Crippen molar-refractivity contribution in [2.45, 2.75) is 38.5 Å². The highest BCUT2D eigenvalue weighted by Gasteiger charge is 2.27. The van der Waals surface area contributed by atoms with Crippen LogP contribution in [-0.4, -0.2) is 9.97 Å². The first-order valence-corrected chi connectivity index (χ1v) is 7.33. The topological polar surface area (TPSA) is 25.8 Å². The average molecular weight is 371 g/mol. The van der Waals surface area contributed by atoms with Crippen LogP contribution in [0.5, 0.6) is 0 Å². The molecule has 1 aliphatic rings. The van der Waals surface area contributed by atoms with Crippen molar-refractivity contribution in [1.29, 1.82) is 0 Å². The molecule has 0 bridgehead atoms. The van der Waals surface area contributed by atoms with Gasteiger partial charge in [-0.2, -0.15) is 0 Å². The van der Waals surface area contributed by atoms with Gasteiger partial charge in [0.05, 0.1) is 3.57 Å². The monoisotopic (exact) mass is 370 g/mol. The van der Waals surface area contributed by atoms with Gasteiger partial charge in [0, 0.05) is 5.92 Å². The first-order chi connectivity index (χ1) is 7.61. The smallest absolute Gasteiger partial charge is 0.147 e. The van der Waals surface area contributed by atoms with Crippen molar-refractivity contribution in [3.8, 4) is 0 Å². The molecule has 0 spiro atoms. The Labute approximate surface area is 119 Å². The summed E-state index contributed by atoms with van der Waals surface area (Å²) in [6, 6.07) is 0. The molecule has 2 rings (SSSR count). The Kier molecular flexibility index (Phi) is 4.30. The third kappa shape index (κ3) is 2.62. The number of rotatable bonds is 2. The van der Waals surface area contributed by atoms with Crippen LogP contribution in [0.4, 0.5) is 0 Å². The summed E-state index contributed by atoms with van der Waals surface area (Å²) in [5, 5.41) is 0.964. The van der Waals surface area contributed by atoms with E-state index in [-0.39, 0.29) is 0 Å². The molecule has 1 aliphatic carbocycles. The van der Waals surface area contributed by atoms with Crippen LogP contribution in [-0.2, 0) is 0 Å².